The van der Waals surface area contributed by atoms with E-state index in [4.69, 9.17) is 4.74 Å². The molecule has 0 aliphatic carbocycles. The highest BCUT2D eigenvalue weighted by Gasteiger charge is 2.09. The normalized spacial score (nSPS) is 13.1. The largest absolute Gasteiger partial charge is 0.383 e. The van der Waals surface area contributed by atoms with Gasteiger partial charge in [-0.2, -0.15) is 14.7 Å². The summed E-state index contributed by atoms with van der Waals surface area (Å²) in [5.74, 6) is 0. The number of likely N-dealkylation sites (N-methyl/N-ethyl adjacent to an activating group) is 1. The third-order valence-corrected chi connectivity index (χ3v) is 2.56. The van der Waals surface area contributed by atoms with E-state index >= 15 is 0 Å². The minimum absolute atomic E-state index is 0.174. The van der Waals surface area contributed by atoms with Crippen LogP contribution in [0.5, 0.6) is 0 Å². The van der Waals surface area contributed by atoms with Crippen molar-refractivity contribution in [1.29, 1.82) is 0 Å². The van der Waals surface area contributed by atoms with Crippen LogP contribution in [0.4, 0.5) is 0 Å². The Hall–Kier alpha value is -1.73. The van der Waals surface area contributed by atoms with Crippen LogP contribution in [-0.4, -0.2) is 46.6 Å². The molecule has 2 N–H and O–H groups in total. The van der Waals surface area contributed by atoms with E-state index in [2.05, 4.69) is 20.6 Å². The Kier molecular flexibility index (Phi) is 3.50. The Bertz CT molecular complexity index is 547. The van der Waals surface area contributed by atoms with Gasteiger partial charge in [-0.25, -0.2) is 9.89 Å². The highest BCUT2D eigenvalue weighted by Crippen LogP contribution is 2.01. The molecule has 0 amide bonds. The minimum Gasteiger partial charge on any atom is -0.383 e. The molecule has 7 heteroatoms. The van der Waals surface area contributed by atoms with Crippen molar-refractivity contribution >= 4 is 5.65 Å². The third kappa shape index (κ3) is 2.51. The maximum Gasteiger partial charge on any atom is 0.364 e. The second-order valence-corrected chi connectivity index (χ2v) is 3.77. The zero-order chi connectivity index (χ0) is 12.3. The van der Waals surface area contributed by atoms with Crippen molar-refractivity contribution in [3.63, 3.8) is 0 Å². The summed E-state index contributed by atoms with van der Waals surface area (Å²) in [6, 6.07) is 3.79. The number of ether oxygens (including phenoxy) is 1. The molecule has 1 unspecified atom stereocenters. The average Bonchev–Trinajstić information content (AvgIpc) is 2.70. The number of H-pyrrole nitrogens is 1. The molecule has 92 valence electrons. The van der Waals surface area contributed by atoms with Gasteiger partial charge < -0.3 is 10.1 Å². The summed E-state index contributed by atoms with van der Waals surface area (Å²) in [6.45, 7) is 0.594. The third-order valence-electron chi connectivity index (χ3n) is 2.56. The van der Waals surface area contributed by atoms with Gasteiger partial charge in [0.25, 0.3) is 0 Å². The zero-order valence-electron chi connectivity index (χ0n) is 9.80. The highest BCUT2D eigenvalue weighted by molar-refractivity contribution is 5.34. The number of hydrogen-bond donors (Lipinski definition) is 2. The van der Waals surface area contributed by atoms with E-state index in [0.29, 0.717) is 18.7 Å². The molecule has 0 saturated carbocycles. The van der Waals surface area contributed by atoms with Gasteiger partial charge in [0.2, 0.25) is 0 Å². The molecule has 17 heavy (non-hydrogen) atoms. The molecule has 0 spiro atoms. The number of aromatic amines is 1. The van der Waals surface area contributed by atoms with Gasteiger partial charge >= 0.3 is 5.69 Å². The fourth-order valence-corrected chi connectivity index (χ4v) is 1.65. The van der Waals surface area contributed by atoms with Crippen LogP contribution in [0.3, 0.4) is 0 Å². The standard InChI is InChI=1S/C10H15N5O2/c1-11-8(6-17-2)5-7-3-4-9-12-13-10(16)15(9)14-7/h3-4,8,11H,5-6H2,1-2H3,(H,13,16). The average molecular weight is 237 g/mol. The summed E-state index contributed by atoms with van der Waals surface area (Å²) in [4.78, 5) is 11.4. The molecular weight excluding hydrogens is 222 g/mol. The van der Waals surface area contributed by atoms with E-state index in [1.165, 1.54) is 4.52 Å². The van der Waals surface area contributed by atoms with Crippen molar-refractivity contribution < 1.29 is 4.74 Å². The summed E-state index contributed by atoms with van der Waals surface area (Å²) in [5, 5.41) is 13.5. The van der Waals surface area contributed by atoms with E-state index < -0.39 is 0 Å². The fourth-order valence-electron chi connectivity index (χ4n) is 1.65. The number of nitrogens with zero attached hydrogens (tertiary/aromatic N) is 3. The molecule has 0 radical (unpaired) electrons. The van der Waals surface area contributed by atoms with Crippen molar-refractivity contribution in [2.75, 3.05) is 20.8 Å². The smallest absolute Gasteiger partial charge is 0.364 e. The number of aromatic nitrogens is 4. The predicted octanol–water partition coefficient (Wildman–Crippen LogP) is -0.806. The molecule has 2 rings (SSSR count). The fraction of sp³-hybridized carbons (Fsp3) is 0.500. The first-order valence-corrected chi connectivity index (χ1v) is 5.34. The number of fused-ring (bicyclic) bond motifs is 1. The molecule has 0 aromatic carbocycles. The predicted molar refractivity (Wildman–Crippen MR) is 62.0 cm³/mol. The highest BCUT2D eigenvalue weighted by atomic mass is 16.5. The number of hydrogen-bond acceptors (Lipinski definition) is 5. The van der Waals surface area contributed by atoms with Crippen LogP contribution in [0, 0.1) is 0 Å². The molecule has 2 aromatic rings. The van der Waals surface area contributed by atoms with Crippen LogP contribution in [0.15, 0.2) is 16.9 Å². The monoisotopic (exact) mass is 237 g/mol. The molecule has 0 bridgehead atoms. The van der Waals surface area contributed by atoms with E-state index in [9.17, 15) is 4.79 Å². The molecule has 0 fully saturated rings. The SMILES string of the molecule is CNC(COC)Cc1ccc2n[nH]c(=O)n2n1. The molecule has 0 aliphatic heterocycles. The van der Waals surface area contributed by atoms with Crippen molar-refractivity contribution in [1.82, 2.24) is 25.1 Å². The Morgan fingerprint density at radius 2 is 2.41 bits per heavy atom. The lowest BCUT2D eigenvalue weighted by atomic mass is 10.1. The Balaban J connectivity index is 2.23. The van der Waals surface area contributed by atoms with Gasteiger partial charge in [-0.15, -0.1) is 0 Å². The molecule has 2 aromatic heterocycles. The first-order valence-electron chi connectivity index (χ1n) is 5.34. The number of rotatable bonds is 5. The lowest BCUT2D eigenvalue weighted by molar-refractivity contribution is 0.169. The summed E-state index contributed by atoms with van der Waals surface area (Å²) < 4.78 is 6.34. The van der Waals surface area contributed by atoms with Gasteiger partial charge in [-0.05, 0) is 19.2 Å². The van der Waals surface area contributed by atoms with Crippen molar-refractivity contribution in [3.05, 3.63) is 28.3 Å². The molecule has 2 heterocycles. The second kappa shape index (κ2) is 5.07. The van der Waals surface area contributed by atoms with Crippen LogP contribution in [0.2, 0.25) is 0 Å². The summed E-state index contributed by atoms with van der Waals surface area (Å²) in [5.41, 5.74) is 1.01. The maximum absolute atomic E-state index is 11.4. The van der Waals surface area contributed by atoms with Gasteiger partial charge in [0.1, 0.15) is 0 Å². The van der Waals surface area contributed by atoms with Gasteiger partial charge in [0, 0.05) is 19.6 Å². The van der Waals surface area contributed by atoms with Gasteiger partial charge in [-0.1, -0.05) is 0 Å². The van der Waals surface area contributed by atoms with Crippen molar-refractivity contribution in [3.8, 4) is 0 Å². The molecular formula is C10H15N5O2. The maximum atomic E-state index is 11.4. The zero-order valence-corrected chi connectivity index (χ0v) is 9.80. The molecule has 1 atom stereocenters. The van der Waals surface area contributed by atoms with Crippen LogP contribution in [-0.2, 0) is 11.2 Å². The van der Waals surface area contributed by atoms with E-state index in [0.717, 1.165) is 5.69 Å². The van der Waals surface area contributed by atoms with Crippen LogP contribution >= 0.6 is 0 Å². The lowest BCUT2D eigenvalue weighted by Crippen LogP contribution is -2.32. The van der Waals surface area contributed by atoms with Crippen molar-refractivity contribution in [2.45, 2.75) is 12.5 Å². The summed E-state index contributed by atoms with van der Waals surface area (Å²) in [6.07, 6.45) is 0.692. The second-order valence-electron chi connectivity index (χ2n) is 3.77. The van der Waals surface area contributed by atoms with Crippen LogP contribution in [0.1, 0.15) is 5.69 Å². The minimum atomic E-state index is -0.324. The van der Waals surface area contributed by atoms with Gasteiger partial charge in [-0.3, -0.25) is 0 Å². The Morgan fingerprint density at radius 3 is 3.12 bits per heavy atom. The van der Waals surface area contributed by atoms with Crippen LogP contribution in [0.25, 0.3) is 5.65 Å². The summed E-state index contributed by atoms with van der Waals surface area (Å²) in [7, 11) is 3.52. The number of methoxy groups -OCH3 is 1. The first-order chi connectivity index (χ1) is 8.24. The Morgan fingerprint density at radius 1 is 1.59 bits per heavy atom. The summed E-state index contributed by atoms with van der Waals surface area (Å²) >= 11 is 0. The van der Waals surface area contributed by atoms with Crippen molar-refractivity contribution in [2.24, 2.45) is 0 Å². The Labute approximate surface area is 97.8 Å². The van der Waals surface area contributed by atoms with E-state index in [1.54, 1.807) is 13.2 Å². The van der Waals surface area contributed by atoms with E-state index in [1.807, 2.05) is 13.1 Å². The lowest BCUT2D eigenvalue weighted by Gasteiger charge is -2.14. The first kappa shape index (κ1) is 11.7. The molecule has 0 aliphatic rings. The molecule has 7 nitrogen and oxygen atoms in total. The van der Waals surface area contributed by atoms with Crippen LogP contribution < -0.4 is 11.0 Å². The van der Waals surface area contributed by atoms with E-state index in [-0.39, 0.29) is 11.7 Å². The quantitative estimate of drug-likeness (QED) is 0.711. The van der Waals surface area contributed by atoms with Gasteiger partial charge in [0.05, 0.1) is 12.3 Å². The number of nitrogens with one attached hydrogen (secondary N) is 2. The van der Waals surface area contributed by atoms with Gasteiger partial charge in [0.15, 0.2) is 5.65 Å². The molecule has 0 saturated heterocycles. The topological polar surface area (TPSA) is 84.3 Å².